The van der Waals surface area contributed by atoms with Gasteiger partial charge in [0.15, 0.2) is 0 Å². The second-order valence-corrected chi connectivity index (χ2v) is 5.44. The molecule has 0 bridgehead atoms. The molecule has 0 saturated heterocycles. The van der Waals surface area contributed by atoms with Gasteiger partial charge in [0.1, 0.15) is 11.6 Å². The van der Waals surface area contributed by atoms with E-state index in [0.717, 1.165) is 5.56 Å². The monoisotopic (exact) mass is 315 g/mol. The molecular weight excluding hydrogens is 301 g/mol. The van der Waals surface area contributed by atoms with Gasteiger partial charge in [0.05, 0.1) is 22.8 Å². The molecule has 0 aliphatic carbocycles. The summed E-state index contributed by atoms with van der Waals surface area (Å²) < 4.78 is 18.8. The van der Waals surface area contributed by atoms with Crippen LogP contribution in [0, 0.1) is 17.1 Å². The van der Waals surface area contributed by atoms with Gasteiger partial charge in [-0.1, -0.05) is 29.8 Å². The Kier molecular flexibility index (Phi) is 5.19. The number of nitrogens with zero attached hydrogens (tertiary/aromatic N) is 1. The number of rotatable bonds is 4. The summed E-state index contributed by atoms with van der Waals surface area (Å²) in [4.78, 5) is 0. The van der Waals surface area contributed by atoms with Gasteiger partial charge < -0.3 is 4.74 Å². The molecule has 0 saturated carbocycles. The number of nitriles is 1. The summed E-state index contributed by atoms with van der Waals surface area (Å²) in [6.45, 7) is 3.84. The molecule has 2 rings (SSSR count). The first-order valence-electron chi connectivity index (χ1n) is 6.83. The van der Waals surface area contributed by atoms with Gasteiger partial charge in [0.25, 0.3) is 0 Å². The quantitative estimate of drug-likeness (QED) is 0.564. The van der Waals surface area contributed by atoms with E-state index < -0.39 is 0 Å². The van der Waals surface area contributed by atoms with Crippen LogP contribution in [0.2, 0.25) is 5.02 Å². The second kappa shape index (κ2) is 7.11. The Labute approximate surface area is 134 Å². The standard InChI is InChI=1S/C18H15ClFNO/c1-12(2)22-18-7-6-13(9-17(18)19)8-15(11-21)14-4-3-5-16(20)10-14/h3-10,12H,1-2H3/b15-8-. The zero-order chi connectivity index (χ0) is 16.1. The molecule has 0 aromatic heterocycles. The van der Waals surface area contributed by atoms with Crippen molar-refractivity contribution in [2.75, 3.05) is 0 Å². The van der Waals surface area contributed by atoms with Gasteiger partial charge in [-0.05, 0) is 55.3 Å². The van der Waals surface area contributed by atoms with Gasteiger partial charge >= 0.3 is 0 Å². The Morgan fingerprint density at radius 1 is 1.27 bits per heavy atom. The van der Waals surface area contributed by atoms with E-state index in [0.29, 0.717) is 21.9 Å². The van der Waals surface area contributed by atoms with Gasteiger partial charge in [-0.3, -0.25) is 0 Å². The fourth-order valence-corrected chi connectivity index (χ4v) is 2.19. The number of hydrogen-bond acceptors (Lipinski definition) is 2. The van der Waals surface area contributed by atoms with Crippen LogP contribution in [0.15, 0.2) is 42.5 Å². The van der Waals surface area contributed by atoms with Crippen LogP contribution in [0.25, 0.3) is 11.6 Å². The molecule has 2 nitrogen and oxygen atoms in total. The highest BCUT2D eigenvalue weighted by Gasteiger charge is 2.06. The van der Waals surface area contributed by atoms with Gasteiger partial charge in [-0.15, -0.1) is 0 Å². The Hall–Kier alpha value is -2.31. The lowest BCUT2D eigenvalue weighted by Gasteiger charge is -2.11. The normalized spacial score (nSPS) is 11.4. The molecule has 0 heterocycles. The van der Waals surface area contributed by atoms with Crippen molar-refractivity contribution in [2.45, 2.75) is 20.0 Å². The Bertz CT molecular complexity index is 747. The summed E-state index contributed by atoms with van der Waals surface area (Å²) in [5.74, 6) is 0.218. The van der Waals surface area contributed by atoms with E-state index in [1.54, 1.807) is 36.4 Å². The summed E-state index contributed by atoms with van der Waals surface area (Å²) in [6, 6.07) is 13.3. The molecule has 2 aromatic rings. The Morgan fingerprint density at radius 2 is 2.05 bits per heavy atom. The largest absolute Gasteiger partial charge is 0.489 e. The fourth-order valence-electron chi connectivity index (χ4n) is 1.96. The molecule has 4 heteroatoms. The van der Waals surface area contributed by atoms with Crippen molar-refractivity contribution in [3.63, 3.8) is 0 Å². The third kappa shape index (κ3) is 4.09. The Morgan fingerprint density at radius 3 is 2.64 bits per heavy atom. The molecule has 0 unspecified atom stereocenters. The zero-order valence-electron chi connectivity index (χ0n) is 12.3. The topological polar surface area (TPSA) is 33.0 Å². The summed E-state index contributed by atoms with van der Waals surface area (Å²) in [6.07, 6.45) is 1.70. The maximum atomic E-state index is 13.3. The lowest BCUT2D eigenvalue weighted by atomic mass is 10.0. The predicted molar refractivity (Wildman–Crippen MR) is 87.1 cm³/mol. The minimum Gasteiger partial charge on any atom is -0.489 e. The molecule has 0 fully saturated rings. The number of ether oxygens (including phenoxy) is 1. The highest BCUT2D eigenvalue weighted by molar-refractivity contribution is 6.32. The van der Waals surface area contributed by atoms with Crippen LogP contribution in [-0.4, -0.2) is 6.10 Å². The molecule has 2 aromatic carbocycles. The van der Waals surface area contributed by atoms with E-state index in [1.807, 2.05) is 13.8 Å². The minimum absolute atomic E-state index is 0.0286. The van der Waals surface area contributed by atoms with Crippen molar-refractivity contribution in [1.82, 2.24) is 0 Å². The third-order valence-corrected chi connectivity index (χ3v) is 3.18. The maximum absolute atomic E-state index is 13.3. The van der Waals surface area contributed by atoms with Gasteiger partial charge in [-0.2, -0.15) is 5.26 Å². The SMILES string of the molecule is CC(C)Oc1ccc(/C=C(/C#N)c2cccc(F)c2)cc1Cl. The Balaban J connectivity index is 2.35. The molecule has 112 valence electrons. The summed E-state index contributed by atoms with van der Waals surface area (Å²) >= 11 is 6.17. The van der Waals surface area contributed by atoms with Crippen molar-refractivity contribution in [1.29, 1.82) is 5.26 Å². The van der Waals surface area contributed by atoms with Crippen molar-refractivity contribution in [2.24, 2.45) is 0 Å². The molecule has 0 amide bonds. The molecule has 0 N–H and O–H groups in total. The van der Waals surface area contributed by atoms with Crippen LogP contribution >= 0.6 is 11.6 Å². The van der Waals surface area contributed by atoms with Crippen LogP contribution in [-0.2, 0) is 0 Å². The fraction of sp³-hybridized carbons (Fsp3) is 0.167. The number of benzene rings is 2. The molecule has 0 aliphatic rings. The average molecular weight is 316 g/mol. The smallest absolute Gasteiger partial charge is 0.138 e. The van der Waals surface area contributed by atoms with E-state index >= 15 is 0 Å². The van der Waals surface area contributed by atoms with Crippen LogP contribution < -0.4 is 4.74 Å². The highest BCUT2D eigenvalue weighted by Crippen LogP contribution is 2.28. The van der Waals surface area contributed by atoms with E-state index in [2.05, 4.69) is 6.07 Å². The van der Waals surface area contributed by atoms with Crippen LogP contribution in [0.4, 0.5) is 4.39 Å². The molecule has 0 spiro atoms. The van der Waals surface area contributed by atoms with Crippen LogP contribution in [0.3, 0.4) is 0 Å². The predicted octanol–water partition coefficient (Wildman–Crippen LogP) is 5.33. The summed E-state index contributed by atoms with van der Waals surface area (Å²) in [5.41, 5.74) is 1.65. The number of hydrogen-bond donors (Lipinski definition) is 0. The first kappa shape index (κ1) is 16.1. The van der Waals surface area contributed by atoms with Crippen molar-refractivity contribution in [3.05, 3.63) is 64.4 Å². The third-order valence-electron chi connectivity index (χ3n) is 2.89. The van der Waals surface area contributed by atoms with E-state index in [4.69, 9.17) is 16.3 Å². The first-order chi connectivity index (χ1) is 10.5. The highest BCUT2D eigenvalue weighted by atomic mass is 35.5. The lowest BCUT2D eigenvalue weighted by Crippen LogP contribution is -2.05. The number of halogens is 2. The van der Waals surface area contributed by atoms with Gasteiger partial charge in [0, 0.05) is 0 Å². The summed E-state index contributed by atoms with van der Waals surface area (Å²) in [5, 5.41) is 9.75. The van der Waals surface area contributed by atoms with Crippen LogP contribution in [0.1, 0.15) is 25.0 Å². The number of allylic oxidation sites excluding steroid dienone is 1. The van der Waals surface area contributed by atoms with Crippen molar-refractivity contribution >= 4 is 23.3 Å². The molecule has 22 heavy (non-hydrogen) atoms. The molecule has 0 aliphatic heterocycles. The zero-order valence-corrected chi connectivity index (χ0v) is 13.1. The molecule has 0 atom stereocenters. The van der Waals surface area contributed by atoms with Gasteiger partial charge in [-0.25, -0.2) is 4.39 Å². The second-order valence-electron chi connectivity index (χ2n) is 5.04. The molecule has 0 radical (unpaired) electrons. The average Bonchev–Trinajstić information content (AvgIpc) is 2.47. The van der Waals surface area contributed by atoms with Crippen molar-refractivity contribution in [3.8, 4) is 11.8 Å². The van der Waals surface area contributed by atoms with Crippen molar-refractivity contribution < 1.29 is 9.13 Å². The molecular formula is C18H15ClFNO. The van der Waals surface area contributed by atoms with Gasteiger partial charge in [0.2, 0.25) is 0 Å². The van der Waals surface area contributed by atoms with E-state index in [9.17, 15) is 9.65 Å². The van der Waals surface area contributed by atoms with E-state index in [1.165, 1.54) is 12.1 Å². The lowest BCUT2D eigenvalue weighted by molar-refractivity contribution is 0.242. The first-order valence-corrected chi connectivity index (χ1v) is 7.21. The minimum atomic E-state index is -0.377. The summed E-state index contributed by atoms with van der Waals surface area (Å²) in [7, 11) is 0. The maximum Gasteiger partial charge on any atom is 0.138 e. The van der Waals surface area contributed by atoms with Crippen LogP contribution in [0.5, 0.6) is 5.75 Å². The van der Waals surface area contributed by atoms with E-state index in [-0.39, 0.29) is 11.9 Å².